The molecule has 4 rings (SSSR count). The fraction of sp³-hybridized carbons (Fsp3) is 0.435. The van der Waals surface area contributed by atoms with E-state index >= 15 is 0 Å². The van der Waals surface area contributed by atoms with E-state index in [4.69, 9.17) is 4.42 Å². The van der Waals surface area contributed by atoms with Gasteiger partial charge in [0.1, 0.15) is 18.1 Å². The lowest BCUT2D eigenvalue weighted by Crippen LogP contribution is -2.42. The molecule has 1 aliphatic carbocycles. The summed E-state index contributed by atoms with van der Waals surface area (Å²) in [4.78, 5) is 29.9. The van der Waals surface area contributed by atoms with Crippen molar-refractivity contribution in [2.24, 2.45) is 5.92 Å². The van der Waals surface area contributed by atoms with Crippen molar-refractivity contribution in [1.82, 2.24) is 20.2 Å². The van der Waals surface area contributed by atoms with E-state index < -0.39 is 0 Å². The highest BCUT2D eigenvalue weighted by atomic mass is 16.3. The fourth-order valence-corrected chi connectivity index (χ4v) is 4.17. The molecule has 0 bridgehead atoms. The van der Waals surface area contributed by atoms with E-state index in [0.717, 1.165) is 30.3 Å². The minimum absolute atomic E-state index is 0.0332. The number of amides is 2. The number of furan rings is 1. The zero-order valence-electron chi connectivity index (χ0n) is 17.3. The van der Waals surface area contributed by atoms with Gasteiger partial charge in [0, 0.05) is 6.04 Å². The van der Waals surface area contributed by atoms with E-state index in [2.05, 4.69) is 22.5 Å². The molecular formula is C23H28N4O3. The Labute approximate surface area is 175 Å². The van der Waals surface area contributed by atoms with Gasteiger partial charge in [-0.15, -0.1) is 0 Å². The van der Waals surface area contributed by atoms with Crippen molar-refractivity contribution in [1.29, 1.82) is 0 Å². The van der Waals surface area contributed by atoms with Crippen molar-refractivity contribution in [3.8, 4) is 0 Å². The highest BCUT2D eigenvalue weighted by molar-refractivity contribution is 5.83. The monoisotopic (exact) mass is 408 g/mol. The average molecular weight is 409 g/mol. The standard InChI is InChI=1S/C23H28N4O3/c1-16-7-2-3-9-18(16)26-23(29)15-27-20-11-5-4-10-19(20)25-21(27)13-22(28)24-14-17-8-6-12-30-17/h4-6,8,10-12,16,18H,2-3,7,9,13-15H2,1H3,(H,24,28)(H,26,29)/t16-,18-/m1/s1. The molecule has 2 amide bonds. The van der Waals surface area contributed by atoms with Gasteiger partial charge in [-0.25, -0.2) is 4.98 Å². The molecule has 1 aliphatic rings. The molecule has 0 spiro atoms. The first-order chi connectivity index (χ1) is 14.6. The number of rotatable bonds is 7. The molecular weight excluding hydrogens is 380 g/mol. The van der Waals surface area contributed by atoms with Crippen LogP contribution in [0.5, 0.6) is 0 Å². The molecule has 1 aromatic carbocycles. The summed E-state index contributed by atoms with van der Waals surface area (Å²) in [5, 5.41) is 6.04. The number of carbonyl (C=O) groups excluding carboxylic acids is 2. The van der Waals surface area contributed by atoms with Crippen molar-refractivity contribution in [3.05, 3.63) is 54.2 Å². The van der Waals surface area contributed by atoms with Gasteiger partial charge in [0.15, 0.2) is 0 Å². The number of hydrogen-bond donors (Lipinski definition) is 2. The van der Waals surface area contributed by atoms with E-state index in [1.165, 1.54) is 6.42 Å². The highest BCUT2D eigenvalue weighted by Gasteiger charge is 2.24. The first-order valence-electron chi connectivity index (χ1n) is 10.6. The maximum Gasteiger partial charge on any atom is 0.240 e. The second-order valence-electron chi connectivity index (χ2n) is 8.07. The number of aromatic nitrogens is 2. The molecule has 1 fully saturated rings. The lowest BCUT2D eigenvalue weighted by Gasteiger charge is -2.29. The average Bonchev–Trinajstić information content (AvgIpc) is 3.37. The Morgan fingerprint density at radius 2 is 1.97 bits per heavy atom. The van der Waals surface area contributed by atoms with Gasteiger partial charge in [-0.2, -0.15) is 0 Å². The first kappa shape index (κ1) is 20.2. The van der Waals surface area contributed by atoms with Crippen LogP contribution in [-0.4, -0.2) is 27.4 Å². The molecule has 2 N–H and O–H groups in total. The molecule has 0 aliphatic heterocycles. The quantitative estimate of drug-likeness (QED) is 0.628. The van der Waals surface area contributed by atoms with Crippen LogP contribution in [0.15, 0.2) is 47.1 Å². The number of imidazole rings is 1. The van der Waals surface area contributed by atoms with Crippen LogP contribution < -0.4 is 10.6 Å². The molecule has 2 atom stereocenters. The number of carbonyl (C=O) groups is 2. The van der Waals surface area contributed by atoms with Crippen LogP contribution in [0.3, 0.4) is 0 Å². The summed E-state index contributed by atoms with van der Waals surface area (Å²) in [6.07, 6.45) is 6.25. The maximum atomic E-state index is 12.8. The maximum absolute atomic E-state index is 12.8. The molecule has 2 heterocycles. The van der Waals surface area contributed by atoms with Crippen LogP contribution in [0.25, 0.3) is 11.0 Å². The first-order valence-corrected chi connectivity index (χ1v) is 10.6. The Hall–Kier alpha value is -3.09. The summed E-state index contributed by atoms with van der Waals surface area (Å²) in [5.74, 6) is 1.57. The van der Waals surface area contributed by atoms with Crippen molar-refractivity contribution in [2.45, 2.75) is 58.2 Å². The van der Waals surface area contributed by atoms with E-state index in [1.807, 2.05) is 34.9 Å². The molecule has 0 unspecified atom stereocenters. The molecule has 158 valence electrons. The zero-order valence-corrected chi connectivity index (χ0v) is 17.3. The Bertz CT molecular complexity index is 1010. The summed E-state index contributed by atoms with van der Waals surface area (Å²) in [5.41, 5.74) is 1.64. The number of fused-ring (bicyclic) bond motifs is 1. The predicted octanol–water partition coefficient (Wildman–Crippen LogP) is 3.18. The fourth-order valence-electron chi connectivity index (χ4n) is 4.17. The van der Waals surface area contributed by atoms with E-state index in [9.17, 15) is 9.59 Å². The predicted molar refractivity (Wildman–Crippen MR) is 114 cm³/mol. The Kier molecular flexibility index (Phi) is 6.16. The molecule has 2 aromatic heterocycles. The topological polar surface area (TPSA) is 89.2 Å². The lowest BCUT2D eigenvalue weighted by atomic mass is 9.86. The van der Waals surface area contributed by atoms with Gasteiger partial charge in [0.05, 0.1) is 30.3 Å². The van der Waals surface area contributed by atoms with Gasteiger partial charge in [-0.1, -0.05) is 31.9 Å². The third-order valence-electron chi connectivity index (χ3n) is 5.85. The Morgan fingerprint density at radius 1 is 1.13 bits per heavy atom. The van der Waals surface area contributed by atoms with Crippen molar-refractivity contribution >= 4 is 22.8 Å². The summed E-state index contributed by atoms with van der Waals surface area (Å²) in [6.45, 7) is 2.68. The third-order valence-corrected chi connectivity index (χ3v) is 5.85. The van der Waals surface area contributed by atoms with Crippen molar-refractivity contribution < 1.29 is 14.0 Å². The van der Waals surface area contributed by atoms with Gasteiger partial charge in [-0.3, -0.25) is 9.59 Å². The van der Waals surface area contributed by atoms with E-state index in [0.29, 0.717) is 24.0 Å². The molecule has 30 heavy (non-hydrogen) atoms. The lowest BCUT2D eigenvalue weighted by molar-refractivity contribution is -0.123. The molecule has 0 radical (unpaired) electrons. The number of hydrogen-bond acceptors (Lipinski definition) is 4. The number of benzene rings is 1. The van der Waals surface area contributed by atoms with E-state index in [1.54, 1.807) is 12.3 Å². The number of nitrogens with zero attached hydrogens (tertiary/aromatic N) is 2. The molecule has 1 saturated carbocycles. The summed E-state index contributed by atoms with van der Waals surface area (Å²) >= 11 is 0. The van der Waals surface area contributed by atoms with Gasteiger partial charge in [0.25, 0.3) is 0 Å². The van der Waals surface area contributed by atoms with Gasteiger partial charge in [-0.05, 0) is 43.0 Å². The Balaban J connectivity index is 1.47. The zero-order chi connectivity index (χ0) is 20.9. The minimum atomic E-state index is -0.163. The van der Waals surface area contributed by atoms with E-state index in [-0.39, 0.29) is 30.8 Å². The van der Waals surface area contributed by atoms with Crippen LogP contribution in [0.1, 0.15) is 44.2 Å². The second kappa shape index (κ2) is 9.15. The second-order valence-corrected chi connectivity index (χ2v) is 8.07. The third kappa shape index (κ3) is 4.72. The van der Waals surface area contributed by atoms with Crippen LogP contribution in [0.4, 0.5) is 0 Å². The molecule has 7 heteroatoms. The molecule has 3 aromatic rings. The van der Waals surface area contributed by atoms with Crippen LogP contribution >= 0.6 is 0 Å². The number of para-hydroxylation sites is 2. The van der Waals surface area contributed by atoms with Crippen molar-refractivity contribution in [3.63, 3.8) is 0 Å². The summed E-state index contributed by atoms with van der Waals surface area (Å²) < 4.78 is 7.10. The van der Waals surface area contributed by atoms with Crippen LogP contribution in [-0.2, 0) is 29.1 Å². The van der Waals surface area contributed by atoms with Gasteiger partial charge < -0.3 is 19.6 Å². The molecule has 7 nitrogen and oxygen atoms in total. The van der Waals surface area contributed by atoms with Gasteiger partial charge in [0.2, 0.25) is 11.8 Å². The minimum Gasteiger partial charge on any atom is -0.467 e. The highest BCUT2D eigenvalue weighted by Crippen LogP contribution is 2.24. The normalized spacial score (nSPS) is 19.0. The Morgan fingerprint density at radius 3 is 2.77 bits per heavy atom. The smallest absolute Gasteiger partial charge is 0.240 e. The van der Waals surface area contributed by atoms with Crippen LogP contribution in [0, 0.1) is 5.92 Å². The summed E-state index contributed by atoms with van der Waals surface area (Å²) in [7, 11) is 0. The number of nitrogens with one attached hydrogen (secondary N) is 2. The summed E-state index contributed by atoms with van der Waals surface area (Å²) in [6, 6.07) is 11.5. The SMILES string of the molecule is C[C@@H]1CCCC[C@H]1NC(=O)Cn1c(CC(=O)NCc2ccco2)nc2ccccc21. The van der Waals surface area contributed by atoms with Crippen molar-refractivity contribution in [2.75, 3.05) is 0 Å². The van der Waals surface area contributed by atoms with Crippen LogP contribution in [0.2, 0.25) is 0 Å². The van der Waals surface area contributed by atoms with Gasteiger partial charge >= 0.3 is 0 Å². The molecule has 0 saturated heterocycles. The largest absolute Gasteiger partial charge is 0.467 e.